The van der Waals surface area contributed by atoms with Crippen molar-refractivity contribution < 1.29 is 4.79 Å². The minimum atomic E-state index is -0.314. The van der Waals surface area contributed by atoms with Gasteiger partial charge < -0.3 is 16.0 Å². The molecular weight excluding hydrogens is 492 g/mol. The molecule has 194 valence electrons. The second-order valence-electron chi connectivity index (χ2n) is 9.84. The highest BCUT2D eigenvalue weighted by molar-refractivity contribution is 6.02. The van der Waals surface area contributed by atoms with Gasteiger partial charge in [-0.1, -0.05) is 48.5 Å². The van der Waals surface area contributed by atoms with Gasteiger partial charge in [0.25, 0.3) is 11.5 Å². The van der Waals surface area contributed by atoms with Crippen LogP contribution in [-0.2, 0) is 6.54 Å². The standard InChI is InChI=1S/C29H26N8O2/c30-29-32-21-17-31-27(38)23(21)26(33-29)35-15-8-7-13-22(35)25-34-36-16-14-20(18-9-3-1-4-10-18)24(36)28(39)37(25)19-11-5-2-6-12-19/h1-6,9-12,14,16,22H,7-8,13,15,17H2,(H,31,38)(H2,30,32,33). The molecule has 2 aliphatic rings. The number of hydrogen-bond acceptors (Lipinski definition) is 7. The molecule has 0 aliphatic carbocycles. The average Bonchev–Trinajstić information content (AvgIpc) is 3.57. The molecule has 0 saturated carbocycles. The SMILES string of the molecule is Nc1nc2c(c(N3CCCCC3c3nn4ccc(-c5ccccc5)c4c(=O)n3-c3ccccc3)n1)C(=O)NC2. The number of nitrogen functional groups attached to an aromatic ring is 1. The van der Waals surface area contributed by atoms with E-state index in [-0.39, 0.29) is 23.5 Å². The van der Waals surface area contributed by atoms with Gasteiger partial charge in [0, 0.05) is 18.3 Å². The van der Waals surface area contributed by atoms with E-state index in [1.54, 1.807) is 9.08 Å². The number of anilines is 2. The summed E-state index contributed by atoms with van der Waals surface area (Å²) in [6.45, 7) is 0.960. The second-order valence-corrected chi connectivity index (χ2v) is 9.84. The summed E-state index contributed by atoms with van der Waals surface area (Å²) in [6, 6.07) is 21.0. The molecule has 5 aromatic rings. The predicted molar refractivity (Wildman–Crippen MR) is 148 cm³/mol. The van der Waals surface area contributed by atoms with Crippen LogP contribution in [0, 0.1) is 0 Å². The molecule has 7 rings (SSSR count). The van der Waals surface area contributed by atoms with Gasteiger partial charge in [-0.05, 0) is 43.0 Å². The lowest BCUT2D eigenvalue weighted by atomic mass is 10.00. The van der Waals surface area contributed by atoms with Gasteiger partial charge >= 0.3 is 0 Å². The third-order valence-corrected chi connectivity index (χ3v) is 7.51. The van der Waals surface area contributed by atoms with Gasteiger partial charge in [-0.3, -0.25) is 14.2 Å². The van der Waals surface area contributed by atoms with E-state index in [1.165, 1.54) is 0 Å². The van der Waals surface area contributed by atoms with E-state index in [4.69, 9.17) is 10.8 Å². The monoisotopic (exact) mass is 518 g/mol. The molecule has 1 atom stereocenters. The molecule has 3 N–H and O–H groups in total. The first-order valence-electron chi connectivity index (χ1n) is 13.1. The van der Waals surface area contributed by atoms with E-state index in [0.717, 1.165) is 36.1 Å². The Balaban J connectivity index is 1.47. The minimum absolute atomic E-state index is 0.117. The van der Waals surface area contributed by atoms with Gasteiger partial charge in [-0.25, -0.2) is 9.50 Å². The van der Waals surface area contributed by atoms with Crippen molar-refractivity contribution in [1.29, 1.82) is 0 Å². The largest absolute Gasteiger partial charge is 0.368 e. The van der Waals surface area contributed by atoms with Crippen molar-refractivity contribution in [3.63, 3.8) is 0 Å². The first-order chi connectivity index (χ1) is 19.1. The highest BCUT2D eigenvalue weighted by Crippen LogP contribution is 2.37. The van der Waals surface area contributed by atoms with Gasteiger partial charge in [0.05, 0.1) is 24.0 Å². The molecule has 1 unspecified atom stereocenters. The predicted octanol–water partition coefficient (Wildman–Crippen LogP) is 3.50. The Kier molecular flexibility index (Phi) is 5.39. The maximum atomic E-state index is 14.4. The smallest absolute Gasteiger partial charge is 0.283 e. The number of carbonyl (C=O) groups is 1. The lowest BCUT2D eigenvalue weighted by Crippen LogP contribution is -2.40. The summed E-state index contributed by atoms with van der Waals surface area (Å²) in [5, 5.41) is 7.89. The number of nitrogens with one attached hydrogen (secondary N) is 1. The Morgan fingerprint density at radius 2 is 1.69 bits per heavy atom. The van der Waals surface area contributed by atoms with Crippen LogP contribution in [0.25, 0.3) is 22.3 Å². The summed E-state index contributed by atoms with van der Waals surface area (Å²) in [6.07, 6.45) is 4.42. The fourth-order valence-corrected chi connectivity index (χ4v) is 5.76. The molecule has 0 bridgehead atoms. The molecule has 2 aromatic carbocycles. The summed E-state index contributed by atoms with van der Waals surface area (Å²) < 4.78 is 3.38. The van der Waals surface area contributed by atoms with Gasteiger partial charge in [-0.15, -0.1) is 0 Å². The van der Waals surface area contributed by atoms with Gasteiger partial charge in [0.15, 0.2) is 5.82 Å². The maximum absolute atomic E-state index is 14.4. The highest BCUT2D eigenvalue weighted by atomic mass is 16.2. The third-order valence-electron chi connectivity index (χ3n) is 7.51. The number of para-hydroxylation sites is 1. The Morgan fingerprint density at radius 1 is 0.923 bits per heavy atom. The molecule has 3 aromatic heterocycles. The van der Waals surface area contributed by atoms with Crippen LogP contribution in [0.2, 0.25) is 0 Å². The second kappa shape index (κ2) is 9.09. The van der Waals surface area contributed by atoms with Crippen LogP contribution in [0.1, 0.15) is 47.2 Å². The van der Waals surface area contributed by atoms with E-state index in [9.17, 15) is 9.59 Å². The Bertz CT molecular complexity index is 1780. The zero-order chi connectivity index (χ0) is 26.5. The van der Waals surface area contributed by atoms with Crippen molar-refractivity contribution in [2.24, 2.45) is 0 Å². The number of nitrogens with zero attached hydrogens (tertiary/aromatic N) is 6. The number of nitrogens with two attached hydrogens (primary N) is 1. The van der Waals surface area contributed by atoms with Gasteiger partial charge in [0.1, 0.15) is 16.9 Å². The van der Waals surface area contributed by atoms with Crippen molar-refractivity contribution in [2.75, 3.05) is 17.2 Å². The van der Waals surface area contributed by atoms with Crippen LogP contribution in [0.5, 0.6) is 0 Å². The fourth-order valence-electron chi connectivity index (χ4n) is 5.76. The van der Waals surface area contributed by atoms with Crippen molar-refractivity contribution in [3.8, 4) is 16.8 Å². The fraction of sp³-hybridized carbons (Fsp3) is 0.207. The Labute approximate surface area is 223 Å². The summed E-state index contributed by atoms with van der Waals surface area (Å²) in [5.41, 5.74) is 9.95. The number of amides is 1. The van der Waals surface area contributed by atoms with Crippen LogP contribution < -0.4 is 21.5 Å². The van der Waals surface area contributed by atoms with E-state index in [1.807, 2.05) is 72.9 Å². The van der Waals surface area contributed by atoms with E-state index >= 15 is 0 Å². The maximum Gasteiger partial charge on any atom is 0.283 e. The van der Waals surface area contributed by atoms with Crippen LogP contribution in [-0.4, -0.2) is 36.6 Å². The zero-order valence-corrected chi connectivity index (χ0v) is 21.1. The Morgan fingerprint density at radius 3 is 2.49 bits per heavy atom. The molecule has 1 fully saturated rings. The zero-order valence-electron chi connectivity index (χ0n) is 21.1. The summed E-state index contributed by atoms with van der Waals surface area (Å²) in [4.78, 5) is 38.1. The number of fused-ring (bicyclic) bond motifs is 2. The van der Waals surface area contributed by atoms with Crippen LogP contribution in [0.3, 0.4) is 0 Å². The molecule has 0 radical (unpaired) electrons. The molecular formula is C29H26N8O2. The van der Waals surface area contributed by atoms with Gasteiger partial charge in [-0.2, -0.15) is 10.1 Å². The van der Waals surface area contributed by atoms with E-state index < -0.39 is 0 Å². The molecule has 10 nitrogen and oxygen atoms in total. The average molecular weight is 519 g/mol. The third kappa shape index (κ3) is 3.75. The van der Waals surface area contributed by atoms with Crippen molar-refractivity contribution in [1.82, 2.24) is 29.5 Å². The summed E-state index contributed by atoms with van der Waals surface area (Å²) in [5.74, 6) is 0.971. The van der Waals surface area contributed by atoms with Crippen molar-refractivity contribution >= 4 is 23.2 Å². The minimum Gasteiger partial charge on any atom is -0.368 e. The quantitative estimate of drug-likeness (QED) is 0.373. The lowest BCUT2D eigenvalue weighted by molar-refractivity contribution is 0.0965. The van der Waals surface area contributed by atoms with Gasteiger partial charge in [0.2, 0.25) is 5.95 Å². The molecule has 39 heavy (non-hydrogen) atoms. The number of carbonyl (C=O) groups excluding carboxylic acids is 1. The van der Waals surface area contributed by atoms with E-state index in [0.29, 0.717) is 41.5 Å². The first-order valence-corrected chi connectivity index (χ1v) is 13.1. The molecule has 2 aliphatic heterocycles. The van der Waals surface area contributed by atoms with E-state index in [2.05, 4.69) is 20.2 Å². The first kappa shape index (κ1) is 23.2. The molecule has 1 saturated heterocycles. The number of benzene rings is 2. The topological polar surface area (TPSA) is 123 Å². The molecule has 10 heteroatoms. The number of rotatable bonds is 4. The lowest BCUT2D eigenvalue weighted by Gasteiger charge is -2.37. The Hall–Kier alpha value is -4.99. The number of aromatic nitrogens is 5. The normalized spacial score (nSPS) is 16.9. The van der Waals surface area contributed by atoms with Crippen molar-refractivity contribution in [3.05, 3.63) is 100 Å². The number of piperidine rings is 1. The van der Waals surface area contributed by atoms with Crippen LogP contribution in [0.15, 0.2) is 77.7 Å². The highest BCUT2D eigenvalue weighted by Gasteiger charge is 2.36. The number of hydrogen-bond donors (Lipinski definition) is 2. The summed E-state index contributed by atoms with van der Waals surface area (Å²) in [7, 11) is 0. The molecule has 0 spiro atoms. The van der Waals surface area contributed by atoms with Crippen LogP contribution in [0.4, 0.5) is 11.8 Å². The van der Waals surface area contributed by atoms with Crippen molar-refractivity contribution in [2.45, 2.75) is 31.8 Å². The molecule has 5 heterocycles. The molecule has 1 amide bonds. The van der Waals surface area contributed by atoms with Crippen LogP contribution >= 0.6 is 0 Å². The summed E-state index contributed by atoms with van der Waals surface area (Å²) >= 11 is 0.